The number of hydrogen-bond donors (Lipinski definition) is 1. The van der Waals surface area contributed by atoms with E-state index in [1.54, 1.807) is 0 Å². The van der Waals surface area contributed by atoms with Gasteiger partial charge < -0.3 is 10.2 Å². The first-order valence-corrected chi connectivity index (χ1v) is 8.47. The average Bonchev–Trinajstić information content (AvgIpc) is 3.20. The summed E-state index contributed by atoms with van der Waals surface area (Å²) in [5.74, 6) is 1.25. The molecule has 0 amide bonds. The smallest absolute Gasteiger partial charge is 0.0412 e. The standard InChI is InChI=1S/C16H24N2S/c1-12-3-6-16(18-7-8-19-13(2)11-18)14(9-12)10-17-15-4-5-15/h3,6,9,13,15,17H,4-5,7-8,10-11H2,1-2H3. The Bertz CT molecular complexity index is 442. The number of thioether (sulfide) groups is 1. The topological polar surface area (TPSA) is 15.3 Å². The Kier molecular flexibility index (Phi) is 4.04. The van der Waals surface area contributed by atoms with Crippen molar-refractivity contribution >= 4 is 17.4 Å². The zero-order chi connectivity index (χ0) is 13.2. The lowest BCUT2D eigenvalue weighted by Crippen LogP contribution is -2.37. The van der Waals surface area contributed by atoms with E-state index in [1.807, 2.05) is 0 Å². The van der Waals surface area contributed by atoms with Gasteiger partial charge in [-0.2, -0.15) is 11.8 Å². The summed E-state index contributed by atoms with van der Waals surface area (Å²) >= 11 is 2.10. The van der Waals surface area contributed by atoms with Gasteiger partial charge in [-0.3, -0.25) is 0 Å². The maximum atomic E-state index is 3.66. The molecule has 3 rings (SSSR count). The molecule has 1 saturated carbocycles. The van der Waals surface area contributed by atoms with Crippen molar-refractivity contribution in [1.82, 2.24) is 5.32 Å². The average molecular weight is 276 g/mol. The Morgan fingerprint density at radius 2 is 2.21 bits per heavy atom. The van der Waals surface area contributed by atoms with Crippen LogP contribution in [-0.4, -0.2) is 30.1 Å². The lowest BCUT2D eigenvalue weighted by atomic mass is 10.1. The number of aryl methyl sites for hydroxylation is 1. The number of nitrogens with zero attached hydrogens (tertiary/aromatic N) is 1. The largest absolute Gasteiger partial charge is 0.369 e. The third-order valence-corrected chi connectivity index (χ3v) is 5.11. The molecule has 1 atom stereocenters. The van der Waals surface area contributed by atoms with Gasteiger partial charge >= 0.3 is 0 Å². The fourth-order valence-electron chi connectivity index (χ4n) is 2.74. The highest BCUT2D eigenvalue weighted by Crippen LogP contribution is 2.28. The first kappa shape index (κ1) is 13.3. The zero-order valence-corrected chi connectivity index (χ0v) is 12.8. The van der Waals surface area contributed by atoms with Gasteiger partial charge in [-0.15, -0.1) is 0 Å². The summed E-state index contributed by atoms with van der Waals surface area (Å²) in [5, 5.41) is 4.41. The minimum Gasteiger partial charge on any atom is -0.369 e. The van der Waals surface area contributed by atoms with Gasteiger partial charge in [0.15, 0.2) is 0 Å². The van der Waals surface area contributed by atoms with Crippen molar-refractivity contribution in [2.75, 3.05) is 23.7 Å². The van der Waals surface area contributed by atoms with Gasteiger partial charge in [0.25, 0.3) is 0 Å². The predicted octanol–water partition coefficient (Wildman–Crippen LogP) is 3.19. The number of nitrogens with one attached hydrogen (secondary N) is 1. The van der Waals surface area contributed by atoms with Crippen LogP contribution in [-0.2, 0) is 6.54 Å². The minimum atomic E-state index is 0.749. The van der Waals surface area contributed by atoms with Crippen molar-refractivity contribution in [3.05, 3.63) is 29.3 Å². The van der Waals surface area contributed by atoms with Crippen LogP contribution in [0.25, 0.3) is 0 Å². The number of hydrogen-bond acceptors (Lipinski definition) is 3. The van der Waals surface area contributed by atoms with Crippen LogP contribution in [0, 0.1) is 6.92 Å². The zero-order valence-electron chi connectivity index (χ0n) is 12.0. The fourth-order valence-corrected chi connectivity index (χ4v) is 3.76. The van der Waals surface area contributed by atoms with Gasteiger partial charge in [-0.05, 0) is 31.4 Å². The van der Waals surface area contributed by atoms with E-state index < -0.39 is 0 Å². The molecule has 1 heterocycles. The van der Waals surface area contributed by atoms with E-state index in [9.17, 15) is 0 Å². The molecule has 1 aliphatic carbocycles. The molecule has 1 aromatic rings. The summed E-state index contributed by atoms with van der Waals surface area (Å²) in [7, 11) is 0. The van der Waals surface area contributed by atoms with E-state index in [4.69, 9.17) is 0 Å². The van der Waals surface area contributed by atoms with E-state index in [-0.39, 0.29) is 0 Å². The molecule has 0 bridgehead atoms. The van der Waals surface area contributed by atoms with Crippen LogP contribution in [0.4, 0.5) is 5.69 Å². The molecule has 0 radical (unpaired) electrons. The summed E-state index contributed by atoms with van der Waals surface area (Å²) in [5.41, 5.74) is 4.30. The molecular weight excluding hydrogens is 252 g/mol. The molecule has 2 fully saturated rings. The second-order valence-electron chi connectivity index (χ2n) is 5.91. The highest BCUT2D eigenvalue weighted by atomic mass is 32.2. The predicted molar refractivity (Wildman–Crippen MR) is 85.2 cm³/mol. The summed E-state index contributed by atoms with van der Waals surface area (Å²) in [6.45, 7) is 7.94. The van der Waals surface area contributed by atoms with Crippen molar-refractivity contribution < 1.29 is 0 Å². The van der Waals surface area contributed by atoms with Crippen molar-refractivity contribution in [3.8, 4) is 0 Å². The van der Waals surface area contributed by atoms with Gasteiger partial charge in [0, 0.05) is 42.4 Å². The number of anilines is 1. The highest BCUT2D eigenvalue weighted by Gasteiger charge is 2.22. The normalized spacial score (nSPS) is 23.7. The summed E-state index contributed by atoms with van der Waals surface area (Å²) in [4.78, 5) is 2.57. The molecular formula is C16H24N2S. The van der Waals surface area contributed by atoms with E-state index in [1.165, 1.54) is 48.5 Å². The Morgan fingerprint density at radius 1 is 1.37 bits per heavy atom. The number of rotatable bonds is 4. The maximum absolute atomic E-state index is 3.66. The van der Waals surface area contributed by atoms with E-state index in [0.29, 0.717) is 0 Å². The molecule has 3 heteroatoms. The quantitative estimate of drug-likeness (QED) is 0.909. The van der Waals surface area contributed by atoms with Gasteiger partial charge in [0.2, 0.25) is 0 Å². The lowest BCUT2D eigenvalue weighted by Gasteiger charge is -2.34. The van der Waals surface area contributed by atoms with Crippen molar-refractivity contribution in [2.24, 2.45) is 0 Å². The maximum Gasteiger partial charge on any atom is 0.0412 e. The molecule has 0 spiro atoms. The first-order chi connectivity index (χ1) is 9.22. The molecule has 1 N–H and O–H groups in total. The van der Waals surface area contributed by atoms with E-state index >= 15 is 0 Å². The van der Waals surface area contributed by atoms with Gasteiger partial charge in [-0.25, -0.2) is 0 Å². The summed E-state index contributed by atoms with van der Waals surface area (Å²) < 4.78 is 0. The van der Waals surface area contributed by atoms with Crippen LogP contribution in [0.2, 0.25) is 0 Å². The van der Waals surface area contributed by atoms with Crippen LogP contribution in [0.5, 0.6) is 0 Å². The monoisotopic (exact) mass is 276 g/mol. The van der Waals surface area contributed by atoms with Crippen molar-refractivity contribution in [2.45, 2.75) is 44.5 Å². The van der Waals surface area contributed by atoms with E-state index in [2.05, 4.69) is 54.0 Å². The Hall–Kier alpha value is -0.670. The van der Waals surface area contributed by atoms with Crippen LogP contribution < -0.4 is 10.2 Å². The number of benzene rings is 1. The molecule has 2 nitrogen and oxygen atoms in total. The summed E-state index contributed by atoms with van der Waals surface area (Å²) in [6, 6.07) is 7.71. The Labute approximate surface area is 121 Å². The van der Waals surface area contributed by atoms with Crippen LogP contribution in [0.1, 0.15) is 30.9 Å². The van der Waals surface area contributed by atoms with Crippen molar-refractivity contribution in [1.29, 1.82) is 0 Å². The molecule has 1 aromatic carbocycles. The fraction of sp³-hybridized carbons (Fsp3) is 0.625. The third-order valence-electron chi connectivity index (χ3n) is 3.98. The molecule has 1 saturated heterocycles. The van der Waals surface area contributed by atoms with E-state index in [0.717, 1.165) is 17.8 Å². The second kappa shape index (κ2) is 5.76. The Balaban J connectivity index is 1.77. The van der Waals surface area contributed by atoms with Gasteiger partial charge in [0.1, 0.15) is 0 Å². The lowest BCUT2D eigenvalue weighted by molar-refractivity contribution is 0.681. The minimum absolute atomic E-state index is 0.749. The molecule has 19 heavy (non-hydrogen) atoms. The molecule has 104 valence electrons. The SMILES string of the molecule is Cc1ccc(N2CCSC(C)C2)c(CNC2CC2)c1. The third kappa shape index (κ3) is 3.46. The van der Waals surface area contributed by atoms with Crippen LogP contribution >= 0.6 is 11.8 Å². The van der Waals surface area contributed by atoms with Gasteiger partial charge in [0.05, 0.1) is 0 Å². The molecule has 2 aliphatic rings. The molecule has 1 unspecified atom stereocenters. The van der Waals surface area contributed by atoms with Crippen molar-refractivity contribution in [3.63, 3.8) is 0 Å². The van der Waals surface area contributed by atoms with Crippen LogP contribution in [0.3, 0.4) is 0 Å². The molecule has 0 aromatic heterocycles. The highest BCUT2D eigenvalue weighted by molar-refractivity contribution is 8.00. The Morgan fingerprint density at radius 3 is 2.95 bits per heavy atom. The first-order valence-electron chi connectivity index (χ1n) is 7.42. The van der Waals surface area contributed by atoms with Crippen LogP contribution in [0.15, 0.2) is 18.2 Å². The second-order valence-corrected chi connectivity index (χ2v) is 7.46. The summed E-state index contributed by atoms with van der Waals surface area (Å²) in [6.07, 6.45) is 2.72. The molecule has 1 aliphatic heterocycles. The van der Waals surface area contributed by atoms with Gasteiger partial charge in [-0.1, -0.05) is 24.6 Å².